The highest BCUT2D eigenvalue weighted by Gasteiger charge is 2.12. The molecule has 3 aromatic rings. The van der Waals surface area contributed by atoms with Gasteiger partial charge in [0.25, 0.3) is 0 Å². The number of carbonyl (C=O) groups excluding carboxylic acids is 2. The van der Waals surface area contributed by atoms with Crippen molar-refractivity contribution >= 4 is 11.9 Å². The van der Waals surface area contributed by atoms with E-state index in [4.69, 9.17) is 18.9 Å². The molecule has 32 heavy (non-hydrogen) atoms. The standard InChI is InChI=1S/C26H26O6/c1-3-19(2)31-24-11-7-8-21(18-24)26(28)32-23-14-12-20(13-15-23)25(27)30-17-16-29-22-9-5-4-6-10-22/h4-15,18-19H,3,16-17H2,1-2H3. The fraction of sp³-hybridized carbons (Fsp3) is 0.231. The van der Waals surface area contributed by atoms with Crippen LogP contribution < -0.4 is 14.2 Å². The molecule has 0 fully saturated rings. The summed E-state index contributed by atoms with van der Waals surface area (Å²) in [6.07, 6.45) is 0.919. The maximum atomic E-state index is 12.4. The smallest absolute Gasteiger partial charge is 0.343 e. The lowest BCUT2D eigenvalue weighted by atomic mass is 10.2. The van der Waals surface area contributed by atoms with E-state index in [1.54, 1.807) is 48.5 Å². The van der Waals surface area contributed by atoms with Crippen LogP contribution >= 0.6 is 0 Å². The minimum atomic E-state index is -0.506. The molecule has 6 heteroatoms. The number of hydrogen-bond donors (Lipinski definition) is 0. The van der Waals surface area contributed by atoms with Crippen molar-refractivity contribution in [3.05, 3.63) is 90.0 Å². The third-order valence-corrected chi connectivity index (χ3v) is 4.61. The van der Waals surface area contributed by atoms with Crippen molar-refractivity contribution in [1.82, 2.24) is 0 Å². The van der Waals surface area contributed by atoms with Crippen molar-refractivity contribution in [2.45, 2.75) is 26.4 Å². The van der Waals surface area contributed by atoms with Crippen molar-refractivity contribution < 1.29 is 28.5 Å². The first-order valence-corrected chi connectivity index (χ1v) is 10.5. The first-order valence-electron chi connectivity index (χ1n) is 10.5. The molecular formula is C26H26O6. The number of benzene rings is 3. The van der Waals surface area contributed by atoms with Crippen LogP contribution in [0.15, 0.2) is 78.9 Å². The van der Waals surface area contributed by atoms with Crippen molar-refractivity contribution in [3.63, 3.8) is 0 Å². The zero-order valence-corrected chi connectivity index (χ0v) is 18.2. The molecular weight excluding hydrogens is 408 g/mol. The predicted octanol–water partition coefficient (Wildman–Crippen LogP) is 5.32. The van der Waals surface area contributed by atoms with E-state index in [2.05, 4.69) is 0 Å². The Morgan fingerprint density at radius 2 is 1.47 bits per heavy atom. The normalized spacial score (nSPS) is 11.3. The van der Waals surface area contributed by atoms with E-state index >= 15 is 0 Å². The Bertz CT molecular complexity index is 1010. The Labute approximate surface area is 187 Å². The fourth-order valence-electron chi connectivity index (χ4n) is 2.73. The molecule has 0 saturated carbocycles. The molecule has 3 aromatic carbocycles. The van der Waals surface area contributed by atoms with Gasteiger partial charge in [0, 0.05) is 0 Å². The second kappa shape index (κ2) is 11.6. The Morgan fingerprint density at radius 3 is 2.19 bits per heavy atom. The molecule has 0 N–H and O–H groups in total. The van der Waals surface area contributed by atoms with E-state index in [1.165, 1.54) is 0 Å². The van der Waals surface area contributed by atoms with Gasteiger partial charge in [0.1, 0.15) is 30.5 Å². The Morgan fingerprint density at radius 1 is 0.750 bits per heavy atom. The third kappa shape index (κ3) is 6.87. The number of rotatable bonds is 10. The highest BCUT2D eigenvalue weighted by Crippen LogP contribution is 2.19. The van der Waals surface area contributed by atoms with Crippen LogP contribution in [0.1, 0.15) is 41.0 Å². The molecule has 0 aliphatic rings. The summed E-state index contributed by atoms with van der Waals surface area (Å²) in [4.78, 5) is 24.6. The summed E-state index contributed by atoms with van der Waals surface area (Å²) in [6, 6.07) is 22.3. The molecule has 0 amide bonds. The molecule has 0 aliphatic carbocycles. The minimum absolute atomic E-state index is 0.0541. The van der Waals surface area contributed by atoms with Gasteiger partial charge in [-0.3, -0.25) is 0 Å². The van der Waals surface area contributed by atoms with Gasteiger partial charge in [0.05, 0.1) is 17.2 Å². The average Bonchev–Trinajstić information content (AvgIpc) is 2.83. The molecule has 6 nitrogen and oxygen atoms in total. The molecule has 0 heterocycles. The number of esters is 2. The Hall–Kier alpha value is -3.80. The summed E-state index contributed by atoms with van der Waals surface area (Å²) in [5, 5.41) is 0. The summed E-state index contributed by atoms with van der Waals surface area (Å²) < 4.78 is 21.8. The van der Waals surface area contributed by atoms with E-state index < -0.39 is 11.9 Å². The lowest BCUT2D eigenvalue weighted by molar-refractivity contribution is 0.0450. The summed E-state index contributed by atoms with van der Waals surface area (Å²) in [5.41, 5.74) is 0.737. The number of carbonyl (C=O) groups is 2. The number of ether oxygens (including phenoxy) is 4. The third-order valence-electron chi connectivity index (χ3n) is 4.61. The Balaban J connectivity index is 1.49. The van der Waals surface area contributed by atoms with Gasteiger partial charge in [-0.2, -0.15) is 0 Å². The van der Waals surface area contributed by atoms with E-state index in [-0.39, 0.29) is 19.3 Å². The number of hydrogen-bond acceptors (Lipinski definition) is 6. The van der Waals surface area contributed by atoms with Crippen molar-refractivity contribution in [2.75, 3.05) is 13.2 Å². The second-order valence-corrected chi connectivity index (χ2v) is 7.08. The SMILES string of the molecule is CCC(C)Oc1cccc(C(=O)Oc2ccc(C(=O)OCCOc3ccccc3)cc2)c1. The maximum absolute atomic E-state index is 12.4. The first kappa shape index (κ1) is 22.9. The van der Waals surface area contributed by atoms with Crippen LogP contribution in [0.3, 0.4) is 0 Å². The van der Waals surface area contributed by atoms with Gasteiger partial charge < -0.3 is 18.9 Å². The Kier molecular flexibility index (Phi) is 8.26. The van der Waals surface area contributed by atoms with E-state index in [0.29, 0.717) is 28.4 Å². The molecule has 0 aliphatic heterocycles. The molecule has 0 spiro atoms. The summed E-state index contributed by atoms with van der Waals surface area (Å²) >= 11 is 0. The first-order chi connectivity index (χ1) is 15.5. The van der Waals surface area contributed by atoms with Crippen LogP contribution in [0.2, 0.25) is 0 Å². The highest BCUT2D eigenvalue weighted by molar-refractivity contribution is 5.92. The number of para-hydroxylation sites is 1. The zero-order valence-electron chi connectivity index (χ0n) is 18.2. The van der Waals surface area contributed by atoms with Gasteiger partial charge in [-0.05, 0) is 67.9 Å². The van der Waals surface area contributed by atoms with E-state index in [9.17, 15) is 9.59 Å². The van der Waals surface area contributed by atoms with Crippen LogP contribution in [0.4, 0.5) is 0 Å². The minimum Gasteiger partial charge on any atom is -0.491 e. The average molecular weight is 434 g/mol. The van der Waals surface area contributed by atoms with E-state index in [0.717, 1.165) is 6.42 Å². The molecule has 0 bridgehead atoms. The molecule has 1 atom stereocenters. The largest absolute Gasteiger partial charge is 0.491 e. The van der Waals surface area contributed by atoms with Gasteiger partial charge in [0.15, 0.2) is 0 Å². The van der Waals surface area contributed by atoms with Crippen molar-refractivity contribution in [3.8, 4) is 17.2 Å². The molecule has 0 saturated heterocycles. The van der Waals surface area contributed by atoms with Crippen LogP contribution in [0, 0.1) is 0 Å². The summed E-state index contributed by atoms with van der Waals surface area (Å²) in [5.74, 6) is 0.671. The predicted molar refractivity (Wildman–Crippen MR) is 120 cm³/mol. The summed E-state index contributed by atoms with van der Waals surface area (Å²) in [6.45, 7) is 4.37. The lowest BCUT2D eigenvalue weighted by Crippen LogP contribution is -2.13. The second-order valence-electron chi connectivity index (χ2n) is 7.08. The molecule has 0 aromatic heterocycles. The van der Waals surface area contributed by atoms with Crippen molar-refractivity contribution in [2.24, 2.45) is 0 Å². The van der Waals surface area contributed by atoms with Gasteiger partial charge in [-0.15, -0.1) is 0 Å². The quantitative estimate of drug-likeness (QED) is 0.244. The van der Waals surface area contributed by atoms with Gasteiger partial charge >= 0.3 is 11.9 Å². The van der Waals surface area contributed by atoms with Gasteiger partial charge in [0.2, 0.25) is 0 Å². The van der Waals surface area contributed by atoms with Crippen LogP contribution in [0.25, 0.3) is 0 Å². The molecule has 166 valence electrons. The maximum Gasteiger partial charge on any atom is 0.343 e. The van der Waals surface area contributed by atoms with E-state index in [1.807, 2.05) is 44.2 Å². The monoisotopic (exact) mass is 434 g/mol. The van der Waals surface area contributed by atoms with Crippen LogP contribution in [0.5, 0.6) is 17.2 Å². The fourth-order valence-corrected chi connectivity index (χ4v) is 2.73. The van der Waals surface area contributed by atoms with Gasteiger partial charge in [-0.25, -0.2) is 9.59 Å². The molecule has 1 unspecified atom stereocenters. The van der Waals surface area contributed by atoms with Gasteiger partial charge in [-0.1, -0.05) is 31.2 Å². The molecule has 0 radical (unpaired) electrons. The van der Waals surface area contributed by atoms with Crippen LogP contribution in [-0.4, -0.2) is 31.3 Å². The highest BCUT2D eigenvalue weighted by atomic mass is 16.6. The molecule has 3 rings (SSSR count). The van der Waals surface area contributed by atoms with Crippen LogP contribution in [-0.2, 0) is 4.74 Å². The zero-order chi connectivity index (χ0) is 22.8. The van der Waals surface area contributed by atoms with Crippen molar-refractivity contribution in [1.29, 1.82) is 0 Å². The lowest BCUT2D eigenvalue weighted by Gasteiger charge is -2.13. The topological polar surface area (TPSA) is 71.1 Å². The summed E-state index contributed by atoms with van der Waals surface area (Å²) in [7, 11) is 0.